The van der Waals surface area contributed by atoms with Crippen LogP contribution in [0.15, 0.2) is 53.7 Å². The maximum absolute atomic E-state index is 13.1. The zero-order valence-electron chi connectivity index (χ0n) is 16.3. The van der Waals surface area contributed by atoms with Gasteiger partial charge in [0.05, 0.1) is 11.8 Å². The van der Waals surface area contributed by atoms with Crippen LogP contribution in [0.3, 0.4) is 0 Å². The fourth-order valence-electron chi connectivity index (χ4n) is 3.12. The number of para-hydroxylation sites is 1. The highest BCUT2D eigenvalue weighted by Crippen LogP contribution is 2.28. The summed E-state index contributed by atoms with van der Waals surface area (Å²) in [5.41, 5.74) is 6.90. The van der Waals surface area contributed by atoms with Crippen molar-refractivity contribution in [3.05, 3.63) is 54.4 Å². The molecule has 3 rings (SSSR count). The summed E-state index contributed by atoms with van der Waals surface area (Å²) in [7, 11) is 0. The van der Waals surface area contributed by atoms with Gasteiger partial charge in [0.2, 0.25) is 5.91 Å². The topological polar surface area (TPSA) is 97.5 Å². The Labute approximate surface area is 175 Å². The molecule has 0 aliphatic carbocycles. The molecule has 2 aromatic rings. The molecule has 0 spiro atoms. The van der Waals surface area contributed by atoms with E-state index in [1.165, 1.54) is 11.8 Å². The second-order valence-electron chi connectivity index (χ2n) is 6.87. The maximum Gasteiger partial charge on any atom is 0.322 e. The Bertz CT molecular complexity index is 813. The van der Waals surface area contributed by atoms with E-state index in [0.29, 0.717) is 25.3 Å². The molecule has 1 fully saturated rings. The number of amides is 3. The van der Waals surface area contributed by atoms with Crippen molar-refractivity contribution in [2.24, 2.45) is 5.73 Å². The van der Waals surface area contributed by atoms with Gasteiger partial charge in [0.25, 0.3) is 0 Å². The van der Waals surface area contributed by atoms with Crippen molar-refractivity contribution in [2.75, 3.05) is 24.2 Å². The molecule has 1 unspecified atom stereocenters. The number of carbonyl (C=O) groups excluding carboxylic acids is 2. The summed E-state index contributed by atoms with van der Waals surface area (Å²) >= 11 is 1.50. The summed E-state index contributed by atoms with van der Waals surface area (Å²) in [5.74, 6) is 0.232. The highest BCUT2D eigenvalue weighted by molar-refractivity contribution is 7.99. The minimum absolute atomic E-state index is 0.0533. The molecule has 1 atom stereocenters. The second kappa shape index (κ2) is 10.8. The van der Waals surface area contributed by atoms with Crippen LogP contribution in [0.5, 0.6) is 0 Å². The van der Waals surface area contributed by atoms with Crippen LogP contribution >= 0.6 is 11.8 Å². The van der Waals surface area contributed by atoms with Crippen LogP contribution in [0.25, 0.3) is 0 Å². The number of benzene rings is 1. The lowest BCUT2D eigenvalue weighted by molar-refractivity contribution is -0.117. The fraction of sp³-hybridized carbons (Fsp3) is 0.381. The number of thioether (sulfide) groups is 1. The smallest absolute Gasteiger partial charge is 0.322 e. The second-order valence-corrected chi connectivity index (χ2v) is 8.00. The first-order valence-corrected chi connectivity index (χ1v) is 10.7. The van der Waals surface area contributed by atoms with Gasteiger partial charge in [0.1, 0.15) is 0 Å². The zero-order chi connectivity index (χ0) is 20.5. The van der Waals surface area contributed by atoms with Crippen LogP contribution in [-0.4, -0.2) is 46.8 Å². The number of carbonyl (C=O) groups is 2. The van der Waals surface area contributed by atoms with Gasteiger partial charge in [-0.05, 0) is 36.6 Å². The van der Waals surface area contributed by atoms with Gasteiger partial charge in [-0.3, -0.25) is 9.78 Å². The van der Waals surface area contributed by atoms with Crippen molar-refractivity contribution in [1.29, 1.82) is 0 Å². The molecule has 1 aromatic carbocycles. The van der Waals surface area contributed by atoms with Crippen LogP contribution in [-0.2, 0) is 16.1 Å². The average Bonchev–Trinajstić information content (AvgIpc) is 3.22. The van der Waals surface area contributed by atoms with E-state index >= 15 is 0 Å². The van der Waals surface area contributed by atoms with E-state index in [4.69, 9.17) is 10.5 Å². The molecule has 1 aromatic heterocycles. The highest BCUT2D eigenvalue weighted by Gasteiger charge is 2.23. The van der Waals surface area contributed by atoms with E-state index in [9.17, 15) is 9.59 Å². The number of aromatic nitrogens is 1. The standard InChI is InChI=1S/C21H26N4O3S/c22-20(26)9-12-29-19-8-2-1-7-18(19)24-21(27)25(15-17-6-4-11-28-17)14-16-5-3-10-23-13-16/h1-3,5,7-8,10,13,17H,4,6,9,11-12,14-15H2,(H2,22,26)(H,24,27). The van der Waals surface area contributed by atoms with Gasteiger partial charge in [-0.1, -0.05) is 18.2 Å². The molecule has 8 heteroatoms. The molecule has 0 bridgehead atoms. The van der Waals surface area contributed by atoms with Crippen molar-refractivity contribution in [2.45, 2.75) is 36.8 Å². The molecule has 154 valence electrons. The number of urea groups is 1. The van der Waals surface area contributed by atoms with E-state index in [1.807, 2.05) is 36.4 Å². The Morgan fingerprint density at radius 2 is 2.14 bits per heavy atom. The lowest BCUT2D eigenvalue weighted by atomic mass is 10.2. The number of rotatable bonds is 9. The van der Waals surface area contributed by atoms with E-state index in [2.05, 4.69) is 10.3 Å². The minimum atomic E-state index is -0.335. The van der Waals surface area contributed by atoms with Gasteiger partial charge in [0.15, 0.2) is 0 Å². The predicted octanol–water partition coefficient (Wildman–Crippen LogP) is 3.26. The molecule has 1 saturated heterocycles. The predicted molar refractivity (Wildman–Crippen MR) is 114 cm³/mol. The van der Waals surface area contributed by atoms with Crippen LogP contribution in [0.4, 0.5) is 10.5 Å². The number of nitrogens with zero attached hydrogens (tertiary/aromatic N) is 2. The normalized spacial score (nSPS) is 15.8. The Morgan fingerprint density at radius 3 is 2.86 bits per heavy atom. The molecular weight excluding hydrogens is 388 g/mol. The molecule has 0 saturated carbocycles. The van der Waals surface area contributed by atoms with Crippen molar-refractivity contribution in [1.82, 2.24) is 9.88 Å². The summed E-state index contributed by atoms with van der Waals surface area (Å²) < 4.78 is 5.74. The molecular formula is C21H26N4O3S. The minimum Gasteiger partial charge on any atom is -0.376 e. The number of anilines is 1. The Hall–Kier alpha value is -2.58. The summed E-state index contributed by atoms with van der Waals surface area (Å²) in [5, 5.41) is 3.02. The van der Waals surface area contributed by atoms with E-state index < -0.39 is 0 Å². The van der Waals surface area contributed by atoms with E-state index in [0.717, 1.165) is 35.6 Å². The van der Waals surface area contributed by atoms with Crippen molar-refractivity contribution in [3.63, 3.8) is 0 Å². The third-order valence-electron chi connectivity index (χ3n) is 4.57. The van der Waals surface area contributed by atoms with Gasteiger partial charge in [0, 0.05) is 49.2 Å². The summed E-state index contributed by atoms with van der Waals surface area (Å²) in [6.07, 6.45) is 5.80. The molecule has 29 heavy (non-hydrogen) atoms. The first-order valence-electron chi connectivity index (χ1n) is 9.68. The molecule has 0 radical (unpaired) electrons. The lowest BCUT2D eigenvalue weighted by Gasteiger charge is -2.26. The monoisotopic (exact) mass is 414 g/mol. The summed E-state index contributed by atoms with van der Waals surface area (Å²) in [4.78, 5) is 30.9. The van der Waals surface area contributed by atoms with Gasteiger partial charge in [-0.2, -0.15) is 0 Å². The Balaban J connectivity index is 1.69. The molecule has 3 N–H and O–H groups in total. The number of primary amides is 1. The van der Waals surface area contributed by atoms with Crippen LogP contribution in [0.1, 0.15) is 24.8 Å². The molecule has 1 aliphatic rings. The lowest BCUT2D eigenvalue weighted by Crippen LogP contribution is -2.39. The van der Waals surface area contributed by atoms with E-state index in [-0.39, 0.29) is 18.0 Å². The van der Waals surface area contributed by atoms with Gasteiger partial charge in [-0.25, -0.2) is 4.79 Å². The molecule has 2 heterocycles. The third-order valence-corrected chi connectivity index (χ3v) is 5.64. The molecule has 3 amide bonds. The van der Waals surface area contributed by atoms with E-state index in [1.54, 1.807) is 17.3 Å². The van der Waals surface area contributed by atoms with Crippen molar-refractivity contribution in [3.8, 4) is 0 Å². The van der Waals surface area contributed by atoms with Crippen LogP contribution in [0.2, 0.25) is 0 Å². The third kappa shape index (κ3) is 6.76. The first-order chi connectivity index (χ1) is 14.1. The number of hydrogen-bond donors (Lipinski definition) is 2. The first kappa shape index (κ1) is 21.1. The number of pyridine rings is 1. The number of nitrogens with two attached hydrogens (primary N) is 1. The van der Waals surface area contributed by atoms with Crippen molar-refractivity contribution >= 4 is 29.4 Å². The Kier molecular flexibility index (Phi) is 7.89. The van der Waals surface area contributed by atoms with Crippen molar-refractivity contribution < 1.29 is 14.3 Å². The zero-order valence-corrected chi connectivity index (χ0v) is 17.1. The number of nitrogens with one attached hydrogen (secondary N) is 1. The van der Waals surface area contributed by atoms with Crippen LogP contribution in [0, 0.1) is 0 Å². The molecule has 1 aliphatic heterocycles. The maximum atomic E-state index is 13.1. The highest BCUT2D eigenvalue weighted by atomic mass is 32.2. The van der Waals surface area contributed by atoms with Gasteiger partial charge >= 0.3 is 6.03 Å². The SMILES string of the molecule is NC(=O)CCSc1ccccc1NC(=O)N(Cc1cccnc1)CC1CCCO1. The van der Waals surface area contributed by atoms with Gasteiger partial charge < -0.3 is 20.7 Å². The number of hydrogen-bond acceptors (Lipinski definition) is 5. The summed E-state index contributed by atoms with van der Waals surface area (Å²) in [6, 6.07) is 11.2. The number of ether oxygens (including phenoxy) is 1. The van der Waals surface area contributed by atoms with Gasteiger partial charge in [-0.15, -0.1) is 11.8 Å². The van der Waals surface area contributed by atoms with Crippen LogP contribution < -0.4 is 11.1 Å². The largest absolute Gasteiger partial charge is 0.376 e. The fourth-order valence-corrected chi connectivity index (χ4v) is 4.09. The molecule has 7 nitrogen and oxygen atoms in total. The quantitative estimate of drug-likeness (QED) is 0.614. The summed E-state index contributed by atoms with van der Waals surface area (Å²) in [6.45, 7) is 1.72. The Morgan fingerprint density at radius 1 is 1.28 bits per heavy atom. The average molecular weight is 415 g/mol.